The van der Waals surface area contributed by atoms with Crippen molar-refractivity contribution in [1.29, 1.82) is 0 Å². The standard InChI is InChI=1S/C29H44OSSi/c1-9-11-14-21-15-13-17-27(22(21)16-12-10-2)32-20-31-26-19-23(28(3,4)5)25(30)18-24(26)29(6,7)8/h13,15,17-19,30H,9-12,14,16,20H2,1-8H3. The van der Waals surface area contributed by atoms with Crippen LogP contribution in [-0.4, -0.2) is 20.0 Å². The molecule has 3 heteroatoms. The van der Waals surface area contributed by atoms with Crippen LogP contribution in [0, 0.1) is 0 Å². The topological polar surface area (TPSA) is 20.2 Å². The summed E-state index contributed by atoms with van der Waals surface area (Å²) in [6.45, 7) is 17.8. The molecule has 0 spiro atoms. The van der Waals surface area contributed by atoms with Gasteiger partial charge >= 0.3 is 0 Å². The van der Waals surface area contributed by atoms with Gasteiger partial charge in [0.05, 0.1) is 9.52 Å². The van der Waals surface area contributed by atoms with E-state index < -0.39 is 0 Å². The summed E-state index contributed by atoms with van der Waals surface area (Å²) < 4.78 is 0. The maximum atomic E-state index is 10.7. The molecule has 1 N–H and O–H groups in total. The fraction of sp³-hybridized carbons (Fsp3) is 0.586. The number of rotatable bonds is 10. The Labute approximate surface area is 204 Å². The first kappa shape index (κ1) is 27.1. The van der Waals surface area contributed by atoms with Crippen LogP contribution < -0.4 is 5.19 Å². The minimum atomic E-state index is -0.0704. The Balaban J connectivity index is 2.29. The van der Waals surface area contributed by atoms with Crippen molar-refractivity contribution >= 4 is 26.5 Å². The largest absolute Gasteiger partial charge is 0.508 e. The molecule has 0 atom stereocenters. The number of hydrogen-bond donors (Lipinski definition) is 1. The van der Waals surface area contributed by atoms with Gasteiger partial charge in [-0.25, -0.2) is 0 Å². The Morgan fingerprint density at radius 2 is 1.47 bits per heavy atom. The van der Waals surface area contributed by atoms with Gasteiger partial charge < -0.3 is 5.11 Å². The predicted molar refractivity (Wildman–Crippen MR) is 145 cm³/mol. The third-order valence-electron chi connectivity index (χ3n) is 6.06. The summed E-state index contributed by atoms with van der Waals surface area (Å²) in [5.74, 6) is 0.430. The van der Waals surface area contributed by atoms with Crippen LogP contribution in [0.25, 0.3) is 0 Å². The number of aromatic hydroxyl groups is 1. The summed E-state index contributed by atoms with van der Waals surface area (Å²) in [6.07, 6.45) is 7.47. The smallest absolute Gasteiger partial charge is 0.119 e. The van der Waals surface area contributed by atoms with Crippen LogP contribution in [0.15, 0.2) is 35.2 Å². The summed E-state index contributed by atoms with van der Waals surface area (Å²) in [7, 11) is 0.803. The number of thioether (sulfide) groups is 1. The Morgan fingerprint density at radius 3 is 2.06 bits per heavy atom. The van der Waals surface area contributed by atoms with Crippen molar-refractivity contribution in [2.75, 3.05) is 5.38 Å². The molecule has 2 aromatic carbocycles. The van der Waals surface area contributed by atoms with Gasteiger partial charge in [0.2, 0.25) is 0 Å². The second-order valence-electron chi connectivity index (χ2n) is 11.0. The molecular formula is C29H44OSSi. The van der Waals surface area contributed by atoms with Gasteiger partial charge in [-0.15, -0.1) is 11.8 Å². The van der Waals surface area contributed by atoms with Gasteiger partial charge in [0.25, 0.3) is 0 Å². The number of aryl methyl sites for hydroxylation is 1. The van der Waals surface area contributed by atoms with Crippen LogP contribution >= 0.6 is 11.8 Å². The number of unbranched alkanes of at least 4 members (excludes halogenated alkanes) is 2. The lowest BCUT2D eigenvalue weighted by molar-refractivity contribution is 0.441. The van der Waals surface area contributed by atoms with Crippen molar-refractivity contribution in [2.24, 2.45) is 0 Å². The van der Waals surface area contributed by atoms with E-state index in [-0.39, 0.29) is 10.8 Å². The first-order valence-electron chi connectivity index (χ1n) is 12.3. The number of phenols is 1. The van der Waals surface area contributed by atoms with Crippen LogP contribution in [-0.2, 0) is 23.7 Å². The fourth-order valence-electron chi connectivity index (χ4n) is 4.12. The second kappa shape index (κ2) is 11.8. The predicted octanol–water partition coefficient (Wildman–Crippen LogP) is 7.75. The van der Waals surface area contributed by atoms with Gasteiger partial charge in [0.1, 0.15) is 5.75 Å². The van der Waals surface area contributed by atoms with Crippen LogP contribution in [0.5, 0.6) is 5.75 Å². The Kier molecular flexibility index (Phi) is 9.97. The minimum Gasteiger partial charge on any atom is -0.508 e. The lowest BCUT2D eigenvalue weighted by Crippen LogP contribution is -2.23. The molecule has 2 rings (SSSR count). The molecule has 0 amide bonds. The third kappa shape index (κ3) is 7.42. The summed E-state index contributed by atoms with van der Waals surface area (Å²) in [5, 5.41) is 13.4. The highest BCUT2D eigenvalue weighted by molar-refractivity contribution is 8.00. The summed E-state index contributed by atoms with van der Waals surface area (Å²) in [6, 6.07) is 11.3. The minimum absolute atomic E-state index is 0.00565. The van der Waals surface area contributed by atoms with Crippen molar-refractivity contribution in [3.8, 4) is 5.75 Å². The molecule has 0 aromatic heterocycles. The first-order chi connectivity index (χ1) is 15.0. The Bertz CT molecular complexity index is 874. The maximum Gasteiger partial charge on any atom is 0.119 e. The van der Waals surface area contributed by atoms with E-state index in [0.29, 0.717) is 5.75 Å². The average Bonchev–Trinajstić information content (AvgIpc) is 2.70. The lowest BCUT2D eigenvalue weighted by atomic mass is 9.81. The normalized spacial score (nSPS) is 12.4. The van der Waals surface area contributed by atoms with Gasteiger partial charge in [0.15, 0.2) is 0 Å². The average molecular weight is 469 g/mol. The van der Waals surface area contributed by atoms with Crippen molar-refractivity contribution in [3.63, 3.8) is 0 Å². The van der Waals surface area contributed by atoms with Crippen molar-refractivity contribution < 1.29 is 5.11 Å². The molecule has 32 heavy (non-hydrogen) atoms. The highest BCUT2D eigenvalue weighted by Crippen LogP contribution is 2.40. The molecule has 1 nitrogen and oxygen atoms in total. The zero-order valence-corrected chi connectivity index (χ0v) is 23.5. The first-order valence-corrected chi connectivity index (χ1v) is 14.5. The molecular weight excluding hydrogens is 424 g/mol. The van der Waals surface area contributed by atoms with Crippen LogP contribution in [0.1, 0.15) is 103 Å². The molecule has 0 aliphatic heterocycles. The molecule has 176 valence electrons. The highest BCUT2D eigenvalue weighted by atomic mass is 32.2. The van der Waals surface area contributed by atoms with Crippen LogP contribution in [0.4, 0.5) is 0 Å². The van der Waals surface area contributed by atoms with Gasteiger partial charge in [-0.3, -0.25) is 0 Å². The quantitative estimate of drug-likeness (QED) is 0.284. The van der Waals surface area contributed by atoms with E-state index in [1.165, 1.54) is 49.0 Å². The van der Waals surface area contributed by atoms with Gasteiger partial charge in [-0.2, -0.15) is 0 Å². The van der Waals surface area contributed by atoms with Crippen LogP contribution in [0.3, 0.4) is 0 Å². The van der Waals surface area contributed by atoms with E-state index in [2.05, 4.69) is 79.7 Å². The van der Waals surface area contributed by atoms with Crippen molar-refractivity contribution in [1.82, 2.24) is 0 Å². The fourth-order valence-corrected chi connectivity index (χ4v) is 7.08. The molecule has 0 aliphatic carbocycles. The molecule has 0 aliphatic rings. The summed E-state index contributed by atoms with van der Waals surface area (Å²) >= 11 is 1.97. The second-order valence-corrected chi connectivity index (χ2v) is 13.8. The Hall–Kier alpha value is -1.19. The molecule has 0 saturated carbocycles. The molecule has 2 aromatic rings. The third-order valence-corrected chi connectivity index (χ3v) is 8.71. The number of benzene rings is 2. The van der Waals surface area contributed by atoms with E-state index in [9.17, 15) is 5.11 Å². The summed E-state index contributed by atoms with van der Waals surface area (Å²) in [4.78, 5) is 1.32. The zero-order chi connectivity index (χ0) is 23.9. The van der Waals surface area contributed by atoms with E-state index in [1.807, 2.05) is 17.8 Å². The van der Waals surface area contributed by atoms with Crippen LogP contribution in [0.2, 0.25) is 0 Å². The number of hydrogen-bond acceptors (Lipinski definition) is 2. The zero-order valence-electron chi connectivity index (χ0n) is 21.7. The van der Waals surface area contributed by atoms with Gasteiger partial charge in [-0.1, -0.05) is 91.6 Å². The van der Waals surface area contributed by atoms with Gasteiger partial charge in [-0.05, 0) is 70.7 Å². The molecule has 2 radical (unpaired) electrons. The summed E-state index contributed by atoms with van der Waals surface area (Å²) in [5.41, 5.74) is 5.43. The molecule has 0 unspecified atom stereocenters. The van der Waals surface area contributed by atoms with Gasteiger partial charge in [0, 0.05) is 10.5 Å². The lowest BCUT2D eigenvalue weighted by Gasteiger charge is -2.27. The monoisotopic (exact) mass is 468 g/mol. The van der Waals surface area contributed by atoms with Crippen molar-refractivity contribution in [3.05, 3.63) is 52.6 Å². The Morgan fingerprint density at radius 1 is 0.844 bits per heavy atom. The van der Waals surface area contributed by atoms with E-state index in [0.717, 1.165) is 20.5 Å². The number of phenolic OH excluding ortho intramolecular Hbond substituents is 1. The molecule has 0 heterocycles. The van der Waals surface area contributed by atoms with E-state index >= 15 is 0 Å². The molecule has 0 saturated heterocycles. The maximum absolute atomic E-state index is 10.7. The molecule has 0 bridgehead atoms. The highest BCUT2D eigenvalue weighted by Gasteiger charge is 2.25. The van der Waals surface area contributed by atoms with E-state index in [4.69, 9.17) is 0 Å². The van der Waals surface area contributed by atoms with E-state index in [1.54, 1.807) is 16.3 Å². The SMILES string of the molecule is CCCCc1cccc([Si]CSc2cc(C(C)(C)C)c(O)cc2C(C)(C)C)c1CCCC. The van der Waals surface area contributed by atoms with Crippen molar-refractivity contribution in [2.45, 2.75) is 110 Å². The molecule has 0 fully saturated rings.